The number of carbonyl (C=O) groups is 1. The average molecular weight is 274 g/mol. The smallest absolute Gasteiger partial charge is 0.315 e. The normalized spacial score (nSPS) is 16.6. The zero-order chi connectivity index (χ0) is 15.1. The van der Waals surface area contributed by atoms with E-state index < -0.39 is 0 Å². The second-order valence-corrected chi connectivity index (χ2v) is 6.41. The van der Waals surface area contributed by atoms with Crippen molar-refractivity contribution < 1.29 is 15.0 Å². The summed E-state index contributed by atoms with van der Waals surface area (Å²) in [7, 11) is 0. The van der Waals surface area contributed by atoms with Crippen LogP contribution in [0.4, 0.5) is 4.79 Å². The molecule has 0 aromatic heterocycles. The van der Waals surface area contributed by atoms with Crippen molar-refractivity contribution in [2.45, 2.75) is 65.5 Å². The predicted molar refractivity (Wildman–Crippen MR) is 77.0 cm³/mol. The molecule has 4 N–H and O–H groups in total. The van der Waals surface area contributed by atoms with Crippen LogP contribution in [-0.4, -0.2) is 41.0 Å². The Balaban J connectivity index is 4.24. The van der Waals surface area contributed by atoms with Gasteiger partial charge in [0.25, 0.3) is 0 Å². The number of hydrogen-bond donors (Lipinski definition) is 4. The molecule has 0 aromatic carbocycles. The fourth-order valence-corrected chi connectivity index (χ4v) is 2.08. The number of hydrogen-bond acceptors (Lipinski definition) is 3. The van der Waals surface area contributed by atoms with Gasteiger partial charge in [-0.1, -0.05) is 20.8 Å². The lowest BCUT2D eigenvalue weighted by atomic mass is 9.87. The molecule has 0 saturated carbocycles. The minimum Gasteiger partial charge on any atom is -0.396 e. The minimum absolute atomic E-state index is 0.0537. The van der Waals surface area contributed by atoms with Gasteiger partial charge in [-0.15, -0.1) is 0 Å². The van der Waals surface area contributed by atoms with Crippen molar-refractivity contribution in [3.05, 3.63) is 0 Å². The summed E-state index contributed by atoms with van der Waals surface area (Å²) in [6.45, 7) is 10.2. The molecule has 2 unspecified atom stereocenters. The second-order valence-electron chi connectivity index (χ2n) is 6.41. The number of nitrogens with one attached hydrogen (secondary N) is 2. The Kier molecular flexibility index (Phi) is 7.37. The number of amides is 2. The third-order valence-corrected chi connectivity index (χ3v) is 3.43. The van der Waals surface area contributed by atoms with Crippen LogP contribution < -0.4 is 10.6 Å². The van der Waals surface area contributed by atoms with E-state index in [1.807, 2.05) is 27.7 Å². The first-order valence-electron chi connectivity index (χ1n) is 6.99. The highest BCUT2D eigenvalue weighted by Gasteiger charge is 2.25. The van der Waals surface area contributed by atoms with Gasteiger partial charge in [0.2, 0.25) is 0 Å². The van der Waals surface area contributed by atoms with E-state index in [2.05, 4.69) is 10.6 Å². The van der Waals surface area contributed by atoms with Crippen molar-refractivity contribution in [1.29, 1.82) is 0 Å². The molecule has 0 heterocycles. The average Bonchev–Trinajstić information content (AvgIpc) is 2.25. The van der Waals surface area contributed by atoms with Crippen LogP contribution in [0.25, 0.3) is 0 Å². The number of aliphatic hydroxyl groups is 2. The monoisotopic (exact) mass is 274 g/mol. The van der Waals surface area contributed by atoms with Gasteiger partial charge in [0.1, 0.15) is 0 Å². The van der Waals surface area contributed by atoms with E-state index in [1.165, 1.54) is 0 Å². The van der Waals surface area contributed by atoms with Crippen LogP contribution in [0.3, 0.4) is 0 Å². The summed E-state index contributed by atoms with van der Waals surface area (Å²) in [6, 6.07) is -0.225. The number of rotatable bonds is 8. The standard InChI is InChI=1S/C14H30N2O3/c1-6-14(5,7-8-17)16-12(19)15-10-13(3,4)9-11(2)18/h11,17-18H,6-10H2,1-5H3,(H2,15,16,19). The lowest BCUT2D eigenvalue weighted by Gasteiger charge is -2.31. The molecule has 0 saturated heterocycles. The highest BCUT2D eigenvalue weighted by atomic mass is 16.3. The molecule has 2 atom stereocenters. The SMILES string of the molecule is CCC(C)(CCO)NC(=O)NCC(C)(C)CC(C)O. The van der Waals surface area contributed by atoms with E-state index in [0.29, 0.717) is 19.4 Å². The van der Waals surface area contributed by atoms with E-state index in [9.17, 15) is 9.90 Å². The summed E-state index contributed by atoms with van der Waals surface area (Å²) in [5.41, 5.74) is -0.529. The summed E-state index contributed by atoms with van der Waals surface area (Å²) < 4.78 is 0. The van der Waals surface area contributed by atoms with Crippen molar-refractivity contribution in [2.24, 2.45) is 5.41 Å². The molecule has 0 fully saturated rings. The maximum Gasteiger partial charge on any atom is 0.315 e. The molecule has 0 rings (SSSR count). The Labute approximate surface area is 116 Å². The predicted octanol–water partition coefficient (Wildman–Crippen LogP) is 1.63. The van der Waals surface area contributed by atoms with Crippen LogP contribution in [0.1, 0.15) is 53.9 Å². The van der Waals surface area contributed by atoms with E-state index in [4.69, 9.17) is 5.11 Å². The van der Waals surface area contributed by atoms with Crippen molar-refractivity contribution in [3.63, 3.8) is 0 Å². The van der Waals surface area contributed by atoms with Crippen molar-refractivity contribution >= 4 is 6.03 Å². The van der Waals surface area contributed by atoms with Gasteiger partial charge in [0, 0.05) is 18.7 Å². The summed E-state index contributed by atoms with van der Waals surface area (Å²) in [4.78, 5) is 11.9. The largest absolute Gasteiger partial charge is 0.396 e. The molecule has 0 aliphatic carbocycles. The molecule has 0 radical (unpaired) electrons. The Bertz CT molecular complexity index is 280. The van der Waals surface area contributed by atoms with Gasteiger partial charge >= 0.3 is 6.03 Å². The number of urea groups is 1. The summed E-state index contributed by atoms with van der Waals surface area (Å²) in [5, 5.41) is 24.1. The quantitative estimate of drug-likeness (QED) is 0.543. The Morgan fingerprint density at radius 3 is 2.32 bits per heavy atom. The Hall–Kier alpha value is -0.810. The van der Waals surface area contributed by atoms with Gasteiger partial charge in [-0.3, -0.25) is 0 Å². The van der Waals surface area contributed by atoms with Crippen molar-refractivity contribution in [1.82, 2.24) is 10.6 Å². The molecular formula is C14H30N2O3. The number of carbonyl (C=O) groups excluding carboxylic acids is 1. The van der Waals surface area contributed by atoms with E-state index >= 15 is 0 Å². The first-order valence-corrected chi connectivity index (χ1v) is 6.99. The molecule has 0 spiro atoms. The first kappa shape index (κ1) is 18.2. The first-order chi connectivity index (χ1) is 8.64. The number of aliphatic hydroxyl groups excluding tert-OH is 2. The van der Waals surface area contributed by atoms with E-state index in [-0.39, 0.29) is 29.7 Å². The molecule has 5 nitrogen and oxygen atoms in total. The molecular weight excluding hydrogens is 244 g/mol. The van der Waals surface area contributed by atoms with Gasteiger partial charge < -0.3 is 20.8 Å². The fourth-order valence-electron chi connectivity index (χ4n) is 2.08. The Morgan fingerprint density at radius 1 is 1.32 bits per heavy atom. The lowest BCUT2D eigenvalue weighted by molar-refractivity contribution is 0.128. The van der Waals surface area contributed by atoms with Gasteiger partial charge in [0.15, 0.2) is 0 Å². The maximum absolute atomic E-state index is 11.9. The highest BCUT2D eigenvalue weighted by molar-refractivity contribution is 5.74. The van der Waals surface area contributed by atoms with E-state index in [0.717, 1.165) is 6.42 Å². The van der Waals surface area contributed by atoms with Crippen LogP contribution in [0.5, 0.6) is 0 Å². The third-order valence-electron chi connectivity index (χ3n) is 3.43. The zero-order valence-corrected chi connectivity index (χ0v) is 12.9. The Morgan fingerprint density at radius 2 is 1.89 bits per heavy atom. The van der Waals surface area contributed by atoms with Crippen molar-refractivity contribution in [2.75, 3.05) is 13.2 Å². The van der Waals surface area contributed by atoms with Crippen LogP contribution in [0, 0.1) is 5.41 Å². The molecule has 0 aromatic rings. The van der Waals surface area contributed by atoms with Gasteiger partial charge in [-0.25, -0.2) is 4.79 Å². The lowest BCUT2D eigenvalue weighted by Crippen LogP contribution is -2.52. The van der Waals surface area contributed by atoms with Crippen LogP contribution in [0.15, 0.2) is 0 Å². The van der Waals surface area contributed by atoms with Gasteiger partial charge in [0.05, 0.1) is 6.10 Å². The highest BCUT2D eigenvalue weighted by Crippen LogP contribution is 2.21. The molecule has 2 amide bonds. The van der Waals surface area contributed by atoms with Crippen LogP contribution in [0.2, 0.25) is 0 Å². The van der Waals surface area contributed by atoms with Gasteiger partial charge in [-0.05, 0) is 38.5 Å². The topological polar surface area (TPSA) is 81.6 Å². The molecule has 5 heteroatoms. The summed E-state index contributed by atoms with van der Waals surface area (Å²) >= 11 is 0. The van der Waals surface area contributed by atoms with Crippen LogP contribution in [-0.2, 0) is 0 Å². The van der Waals surface area contributed by atoms with Crippen molar-refractivity contribution in [3.8, 4) is 0 Å². The fraction of sp³-hybridized carbons (Fsp3) is 0.929. The molecule has 19 heavy (non-hydrogen) atoms. The molecule has 0 aliphatic rings. The zero-order valence-electron chi connectivity index (χ0n) is 12.9. The second kappa shape index (κ2) is 7.70. The summed E-state index contributed by atoms with van der Waals surface area (Å²) in [5.74, 6) is 0. The minimum atomic E-state index is -0.382. The third kappa shape index (κ3) is 8.06. The molecule has 0 bridgehead atoms. The van der Waals surface area contributed by atoms with Gasteiger partial charge in [-0.2, -0.15) is 0 Å². The molecule has 0 aliphatic heterocycles. The van der Waals surface area contributed by atoms with E-state index in [1.54, 1.807) is 6.92 Å². The maximum atomic E-state index is 11.9. The van der Waals surface area contributed by atoms with Crippen LogP contribution >= 0.6 is 0 Å². The summed E-state index contributed by atoms with van der Waals surface area (Å²) in [6.07, 6.45) is 1.55. The molecule has 114 valence electrons.